The molecule has 0 atom stereocenters. The molecule has 5 rings (SSSR count). The highest BCUT2D eigenvalue weighted by Crippen LogP contribution is 2.33. The first-order valence-corrected chi connectivity index (χ1v) is 10.2. The van der Waals surface area contributed by atoms with Crippen LogP contribution in [0, 0.1) is 6.92 Å². The first kappa shape index (κ1) is 19.2. The van der Waals surface area contributed by atoms with E-state index in [0.717, 1.165) is 5.82 Å². The second-order valence-electron chi connectivity index (χ2n) is 7.55. The van der Waals surface area contributed by atoms with Gasteiger partial charge in [0.1, 0.15) is 11.4 Å². The third-order valence-corrected chi connectivity index (χ3v) is 5.69. The van der Waals surface area contributed by atoms with Gasteiger partial charge in [0.25, 0.3) is 11.5 Å². The molecule has 8 heteroatoms. The largest absolute Gasteiger partial charge is 0.454 e. The van der Waals surface area contributed by atoms with Crippen LogP contribution < -0.4 is 19.9 Å². The van der Waals surface area contributed by atoms with Gasteiger partial charge in [-0.2, -0.15) is 0 Å². The molecule has 1 amide bonds. The van der Waals surface area contributed by atoms with E-state index >= 15 is 0 Å². The first-order valence-electron chi connectivity index (χ1n) is 10.2. The normalized spacial score (nSPS) is 15.3. The van der Waals surface area contributed by atoms with Gasteiger partial charge in [0, 0.05) is 44.6 Å². The average Bonchev–Trinajstić information content (AvgIpc) is 3.28. The molecule has 2 aliphatic heterocycles. The lowest BCUT2D eigenvalue weighted by atomic mass is 10.1. The quantitative estimate of drug-likeness (QED) is 0.649. The number of fused-ring (bicyclic) bond motifs is 1. The third kappa shape index (κ3) is 3.50. The van der Waals surface area contributed by atoms with Gasteiger partial charge >= 0.3 is 0 Å². The lowest BCUT2D eigenvalue weighted by Gasteiger charge is -2.35. The summed E-state index contributed by atoms with van der Waals surface area (Å²) in [7, 11) is 0. The van der Waals surface area contributed by atoms with Crippen molar-refractivity contribution in [2.45, 2.75) is 6.92 Å². The van der Waals surface area contributed by atoms with Crippen molar-refractivity contribution in [2.75, 3.05) is 37.9 Å². The van der Waals surface area contributed by atoms with Crippen molar-refractivity contribution in [3.8, 4) is 17.2 Å². The molecule has 0 unspecified atom stereocenters. The Kier molecular flexibility index (Phi) is 4.82. The molecule has 2 aromatic heterocycles. The maximum Gasteiger partial charge on any atom is 0.268 e. The summed E-state index contributed by atoms with van der Waals surface area (Å²) in [4.78, 5) is 34.8. The number of anilines is 1. The molecule has 1 fully saturated rings. The molecule has 1 aromatic carbocycles. The van der Waals surface area contributed by atoms with Gasteiger partial charge in [-0.15, -0.1) is 0 Å². The number of piperazine rings is 1. The van der Waals surface area contributed by atoms with E-state index in [1.165, 1.54) is 4.57 Å². The number of pyridine rings is 2. The van der Waals surface area contributed by atoms with E-state index in [-0.39, 0.29) is 23.8 Å². The zero-order valence-corrected chi connectivity index (χ0v) is 17.2. The summed E-state index contributed by atoms with van der Waals surface area (Å²) in [6.07, 6.45) is 3.45. The molecular weight excluding hydrogens is 396 g/mol. The molecular formula is C23H22N4O4. The predicted octanol–water partition coefficient (Wildman–Crippen LogP) is 2.23. The standard InChI is InChI=1S/C23H22N4O4/c1-16-7-9-27(17-5-6-18-19(14-17)31-15-30-18)23(29)21(16)22(28)26-12-10-25(11-13-26)20-4-2-3-8-24-20/h2-9,14H,10-13,15H2,1H3. The van der Waals surface area contributed by atoms with Gasteiger partial charge in [0.2, 0.25) is 6.79 Å². The molecule has 0 radical (unpaired) electrons. The van der Waals surface area contributed by atoms with Crippen LogP contribution in [0.5, 0.6) is 11.5 Å². The maximum atomic E-state index is 13.3. The highest BCUT2D eigenvalue weighted by molar-refractivity contribution is 5.95. The summed E-state index contributed by atoms with van der Waals surface area (Å²) in [6, 6.07) is 12.9. The minimum absolute atomic E-state index is 0.162. The molecule has 158 valence electrons. The summed E-state index contributed by atoms with van der Waals surface area (Å²) >= 11 is 0. The molecule has 3 aromatic rings. The second-order valence-corrected chi connectivity index (χ2v) is 7.55. The summed E-state index contributed by atoms with van der Waals surface area (Å²) < 4.78 is 12.2. The fourth-order valence-electron chi connectivity index (χ4n) is 3.96. The zero-order valence-electron chi connectivity index (χ0n) is 17.2. The van der Waals surface area contributed by atoms with E-state index in [1.807, 2.05) is 18.2 Å². The fraction of sp³-hybridized carbons (Fsp3) is 0.261. The van der Waals surface area contributed by atoms with Gasteiger partial charge < -0.3 is 19.3 Å². The molecule has 1 saturated heterocycles. The zero-order chi connectivity index (χ0) is 21.4. The van der Waals surface area contributed by atoms with Crippen LogP contribution >= 0.6 is 0 Å². The van der Waals surface area contributed by atoms with Gasteiger partial charge in [-0.1, -0.05) is 6.07 Å². The van der Waals surface area contributed by atoms with E-state index in [4.69, 9.17) is 9.47 Å². The van der Waals surface area contributed by atoms with Crippen molar-refractivity contribution >= 4 is 11.7 Å². The Balaban J connectivity index is 1.40. The fourth-order valence-corrected chi connectivity index (χ4v) is 3.96. The van der Waals surface area contributed by atoms with Gasteiger partial charge in [-0.3, -0.25) is 14.2 Å². The first-order chi connectivity index (χ1) is 15.1. The van der Waals surface area contributed by atoms with Crippen molar-refractivity contribution < 1.29 is 14.3 Å². The van der Waals surface area contributed by atoms with Crippen LogP contribution in [-0.2, 0) is 0 Å². The van der Waals surface area contributed by atoms with Crippen LogP contribution in [-0.4, -0.2) is 53.3 Å². The Morgan fingerprint density at radius 3 is 2.58 bits per heavy atom. The number of aromatic nitrogens is 2. The van der Waals surface area contributed by atoms with Crippen LogP contribution in [0.25, 0.3) is 5.69 Å². The summed E-state index contributed by atoms with van der Waals surface area (Å²) in [5, 5.41) is 0. The SMILES string of the molecule is Cc1ccn(-c2ccc3c(c2)OCO3)c(=O)c1C(=O)N1CCN(c2ccccn2)CC1. The Morgan fingerprint density at radius 1 is 1.00 bits per heavy atom. The topological polar surface area (TPSA) is 76.9 Å². The van der Waals surface area contributed by atoms with Gasteiger partial charge in [-0.05, 0) is 42.8 Å². The van der Waals surface area contributed by atoms with E-state index in [1.54, 1.807) is 48.5 Å². The Hall–Kier alpha value is -3.81. The number of carbonyl (C=O) groups is 1. The van der Waals surface area contributed by atoms with E-state index in [0.29, 0.717) is 48.9 Å². The Morgan fingerprint density at radius 2 is 1.81 bits per heavy atom. The number of benzene rings is 1. The maximum absolute atomic E-state index is 13.3. The molecule has 4 heterocycles. The number of hydrogen-bond acceptors (Lipinski definition) is 6. The van der Waals surface area contributed by atoms with E-state index in [9.17, 15) is 9.59 Å². The molecule has 0 spiro atoms. The summed E-state index contributed by atoms with van der Waals surface area (Å²) in [6.45, 7) is 4.37. The highest BCUT2D eigenvalue weighted by Gasteiger charge is 2.26. The third-order valence-electron chi connectivity index (χ3n) is 5.69. The monoisotopic (exact) mass is 418 g/mol. The Labute approximate surface area is 179 Å². The van der Waals surface area contributed by atoms with Crippen LogP contribution in [0.2, 0.25) is 0 Å². The van der Waals surface area contributed by atoms with E-state index in [2.05, 4.69) is 9.88 Å². The van der Waals surface area contributed by atoms with Crippen LogP contribution in [0.1, 0.15) is 15.9 Å². The lowest BCUT2D eigenvalue weighted by molar-refractivity contribution is 0.0743. The molecule has 0 saturated carbocycles. The van der Waals surface area contributed by atoms with Crippen molar-refractivity contribution in [2.24, 2.45) is 0 Å². The number of ether oxygens (including phenoxy) is 2. The number of rotatable bonds is 3. The molecule has 0 N–H and O–H groups in total. The van der Waals surface area contributed by atoms with Gasteiger partial charge in [-0.25, -0.2) is 4.98 Å². The van der Waals surface area contributed by atoms with Crippen LogP contribution in [0.3, 0.4) is 0 Å². The van der Waals surface area contributed by atoms with Crippen molar-refractivity contribution in [3.63, 3.8) is 0 Å². The van der Waals surface area contributed by atoms with Crippen molar-refractivity contribution in [1.82, 2.24) is 14.5 Å². The van der Waals surface area contributed by atoms with Crippen molar-refractivity contribution in [3.05, 3.63) is 76.3 Å². The average molecular weight is 418 g/mol. The number of hydrogen-bond donors (Lipinski definition) is 0. The molecule has 8 nitrogen and oxygen atoms in total. The summed E-state index contributed by atoms with van der Waals surface area (Å²) in [5.41, 5.74) is 1.16. The predicted molar refractivity (Wildman–Crippen MR) is 115 cm³/mol. The summed E-state index contributed by atoms with van der Waals surface area (Å²) in [5.74, 6) is 1.89. The van der Waals surface area contributed by atoms with Crippen molar-refractivity contribution in [1.29, 1.82) is 0 Å². The Bertz CT molecular complexity index is 1180. The minimum atomic E-state index is -0.337. The highest BCUT2D eigenvalue weighted by atomic mass is 16.7. The number of carbonyl (C=O) groups excluding carboxylic acids is 1. The van der Waals surface area contributed by atoms with Gasteiger partial charge in [0.15, 0.2) is 11.5 Å². The smallest absolute Gasteiger partial charge is 0.268 e. The number of nitrogens with zero attached hydrogens (tertiary/aromatic N) is 4. The van der Waals surface area contributed by atoms with Gasteiger partial charge in [0.05, 0.1) is 5.69 Å². The lowest BCUT2D eigenvalue weighted by Crippen LogP contribution is -2.50. The number of aryl methyl sites for hydroxylation is 1. The molecule has 2 aliphatic rings. The van der Waals surface area contributed by atoms with Crippen LogP contribution in [0.15, 0.2) is 59.7 Å². The van der Waals surface area contributed by atoms with Crippen LogP contribution in [0.4, 0.5) is 5.82 Å². The number of amides is 1. The molecule has 0 aliphatic carbocycles. The molecule has 0 bridgehead atoms. The minimum Gasteiger partial charge on any atom is -0.454 e. The molecule has 31 heavy (non-hydrogen) atoms. The van der Waals surface area contributed by atoms with E-state index < -0.39 is 0 Å². The second kappa shape index (κ2) is 7.79.